The van der Waals surface area contributed by atoms with E-state index in [0.29, 0.717) is 35.3 Å². The van der Waals surface area contributed by atoms with Gasteiger partial charge in [0.25, 0.3) is 16.0 Å². The number of nitrogens with one attached hydrogen (secondary N) is 2. The summed E-state index contributed by atoms with van der Waals surface area (Å²) in [6, 6.07) is 36.0. The lowest BCUT2D eigenvalue weighted by atomic mass is 9.97. The highest BCUT2D eigenvalue weighted by Gasteiger charge is 2.33. The Hall–Kier alpha value is -4.96. The Bertz CT molecular complexity index is 2230. The second kappa shape index (κ2) is 17.7. The van der Waals surface area contributed by atoms with Gasteiger partial charge >= 0.3 is 0 Å². The van der Waals surface area contributed by atoms with E-state index in [9.17, 15) is 26.7 Å². The normalized spacial score (nSPS) is 14.3. The first-order valence-electron chi connectivity index (χ1n) is 16.8. The van der Waals surface area contributed by atoms with Crippen molar-refractivity contribution in [2.75, 3.05) is 51.9 Å². The average Bonchev–Trinajstić information content (AvgIpc) is 3.68. The minimum atomic E-state index is -3.67. The Kier molecular flexibility index (Phi) is 13.1. The molecule has 4 aromatic carbocycles. The first-order chi connectivity index (χ1) is 25.3. The summed E-state index contributed by atoms with van der Waals surface area (Å²) in [5.41, 5.74) is 7.93. The number of sulfonamides is 1. The molecule has 2 aliphatic rings. The highest BCUT2D eigenvalue weighted by Crippen LogP contribution is 2.38. The number of aromatic hydroxyl groups is 1. The molecule has 278 valence electrons. The lowest BCUT2D eigenvalue weighted by Crippen LogP contribution is -2.38. The summed E-state index contributed by atoms with van der Waals surface area (Å²) in [4.78, 5) is 22.5. The lowest BCUT2D eigenvalue weighted by Gasteiger charge is -2.26. The molecule has 1 aromatic heterocycles. The van der Waals surface area contributed by atoms with Crippen LogP contribution in [-0.4, -0.2) is 99.9 Å². The summed E-state index contributed by atoms with van der Waals surface area (Å²) in [5.74, 6) is -0.398. The number of aromatic amines is 1. The van der Waals surface area contributed by atoms with Crippen LogP contribution in [0, 0.1) is 0 Å². The van der Waals surface area contributed by atoms with E-state index in [1.807, 2.05) is 84.9 Å². The van der Waals surface area contributed by atoms with Gasteiger partial charge in [-0.05, 0) is 40.8 Å². The molecule has 2 aliphatic heterocycles. The van der Waals surface area contributed by atoms with Crippen LogP contribution in [-0.2, 0) is 24.9 Å². The molecule has 7 rings (SSSR count). The molecule has 0 bridgehead atoms. The third-order valence-corrected chi connectivity index (χ3v) is 9.04. The number of ether oxygens (including phenoxy) is 1. The van der Waals surface area contributed by atoms with Gasteiger partial charge in [0, 0.05) is 25.2 Å². The van der Waals surface area contributed by atoms with Gasteiger partial charge in [0.15, 0.2) is 5.88 Å². The molecular formula is C39H42N4O8S2. The molecule has 53 heavy (non-hydrogen) atoms. The monoisotopic (exact) mass is 758 g/mol. The van der Waals surface area contributed by atoms with Gasteiger partial charge < -0.3 is 14.8 Å². The van der Waals surface area contributed by atoms with Crippen molar-refractivity contribution < 1.29 is 36.0 Å². The molecule has 0 atom stereocenters. The van der Waals surface area contributed by atoms with Crippen molar-refractivity contribution in [2.45, 2.75) is 6.42 Å². The van der Waals surface area contributed by atoms with Crippen molar-refractivity contribution in [1.82, 2.24) is 14.6 Å². The van der Waals surface area contributed by atoms with Crippen LogP contribution < -0.4 is 4.72 Å². The Balaban J connectivity index is 0.000000237. The topological polar surface area (TPSA) is 178 Å². The summed E-state index contributed by atoms with van der Waals surface area (Å²) in [7, 11) is -6.69. The minimum absolute atomic E-state index is 0.0473. The molecule has 0 radical (unpaired) electrons. The second-order valence-electron chi connectivity index (χ2n) is 12.5. The summed E-state index contributed by atoms with van der Waals surface area (Å²) in [5, 5.41) is 10.7. The van der Waals surface area contributed by atoms with Crippen molar-refractivity contribution in [3.05, 3.63) is 126 Å². The van der Waals surface area contributed by atoms with Gasteiger partial charge in [-0.1, -0.05) is 109 Å². The number of aromatic nitrogens is 1. The molecule has 4 N–H and O–H groups in total. The van der Waals surface area contributed by atoms with E-state index in [1.54, 1.807) is 0 Å². The largest absolute Gasteiger partial charge is 0.494 e. The summed E-state index contributed by atoms with van der Waals surface area (Å²) < 4.78 is 55.0. The fourth-order valence-corrected chi connectivity index (χ4v) is 6.38. The number of aliphatic imine (C=N–C) groups is 1. The number of rotatable bonds is 9. The Morgan fingerprint density at radius 2 is 1.17 bits per heavy atom. The van der Waals surface area contributed by atoms with E-state index in [1.165, 1.54) is 6.26 Å². The maximum atomic E-state index is 12.9. The molecule has 12 nitrogen and oxygen atoms in total. The van der Waals surface area contributed by atoms with Crippen LogP contribution in [0.5, 0.6) is 5.88 Å². The fraction of sp³-hybridized carbons (Fsp3) is 0.231. The molecule has 0 unspecified atom stereocenters. The number of nitrogens with zero attached hydrogens (tertiary/aromatic N) is 2. The van der Waals surface area contributed by atoms with Gasteiger partial charge in [0.1, 0.15) is 0 Å². The molecule has 0 saturated carbocycles. The number of carbonyl (C=O) groups excluding carboxylic acids is 1. The molecule has 14 heteroatoms. The van der Waals surface area contributed by atoms with E-state index in [2.05, 4.69) is 43.9 Å². The first-order valence-corrected chi connectivity index (χ1v) is 20.6. The van der Waals surface area contributed by atoms with E-state index < -0.39 is 20.1 Å². The molecular weight excluding hydrogens is 717 g/mol. The minimum Gasteiger partial charge on any atom is -0.494 e. The predicted molar refractivity (Wildman–Crippen MR) is 207 cm³/mol. The van der Waals surface area contributed by atoms with Gasteiger partial charge in [-0.2, -0.15) is 8.42 Å². The number of hydrogen-bond acceptors (Lipinski definition) is 8. The van der Waals surface area contributed by atoms with Crippen LogP contribution in [0.4, 0.5) is 0 Å². The van der Waals surface area contributed by atoms with E-state index in [-0.39, 0.29) is 11.8 Å². The van der Waals surface area contributed by atoms with Crippen LogP contribution in [0.3, 0.4) is 0 Å². The molecule has 3 heterocycles. The molecule has 1 fully saturated rings. The van der Waals surface area contributed by atoms with Gasteiger partial charge in [-0.15, -0.1) is 0 Å². The second-order valence-corrected chi connectivity index (χ2v) is 15.8. The van der Waals surface area contributed by atoms with E-state index in [0.717, 1.165) is 72.6 Å². The standard InChI is InChI=1S/C30H20N2O2.C8H18N2O3S.CH4O3S/c33-29-25-26(28(32-29)24-17-13-22(14-18-24)20-9-5-2-6-10-20)30(34)31-27(25)23-15-11-21(12-16-23)19-7-3-1-4-8-19;1-14(11,12)9-3-2-4-10-5-7-13-8-6-10;1-5(2,3)4/h1-18,31,34H;9H,2-8H2,1H3;1H3,(H,2,3,4). The third kappa shape index (κ3) is 11.5. The van der Waals surface area contributed by atoms with Gasteiger partial charge in [-0.3, -0.25) is 14.2 Å². The predicted octanol–water partition coefficient (Wildman–Crippen LogP) is 5.47. The Morgan fingerprint density at radius 3 is 1.66 bits per heavy atom. The summed E-state index contributed by atoms with van der Waals surface area (Å²) >= 11 is 0. The molecule has 1 saturated heterocycles. The highest BCUT2D eigenvalue weighted by atomic mass is 32.2. The SMILES string of the molecule is CS(=O)(=O)NCCCN1CCOCC1.CS(=O)(=O)O.O=C1N=C(c2ccc(-c3ccccc3)cc2)c2c(O)[nH]c(-c3ccc(-c4ccccc4)cc3)c21. The molecule has 5 aromatic rings. The zero-order chi connectivity index (χ0) is 38.0. The van der Waals surface area contributed by atoms with Crippen molar-refractivity contribution in [1.29, 1.82) is 0 Å². The lowest BCUT2D eigenvalue weighted by molar-refractivity contribution is 0.0376. The first kappa shape index (κ1) is 39.3. The number of morpholine rings is 1. The van der Waals surface area contributed by atoms with Crippen molar-refractivity contribution in [3.8, 4) is 39.4 Å². The van der Waals surface area contributed by atoms with Crippen molar-refractivity contribution in [2.24, 2.45) is 4.99 Å². The fourth-order valence-electron chi connectivity index (χ4n) is 5.87. The number of carbonyl (C=O) groups is 1. The van der Waals surface area contributed by atoms with Gasteiger partial charge in [0.2, 0.25) is 10.0 Å². The van der Waals surface area contributed by atoms with Crippen LogP contribution in [0.25, 0.3) is 33.5 Å². The number of H-pyrrole nitrogens is 1. The van der Waals surface area contributed by atoms with Gasteiger partial charge in [0.05, 0.1) is 48.3 Å². The zero-order valence-corrected chi connectivity index (χ0v) is 31.0. The number of fused-ring (bicyclic) bond motifs is 1. The zero-order valence-electron chi connectivity index (χ0n) is 29.4. The quantitative estimate of drug-likeness (QED) is 0.112. The van der Waals surface area contributed by atoms with Gasteiger partial charge in [-0.25, -0.2) is 18.1 Å². The third-order valence-electron chi connectivity index (χ3n) is 8.31. The maximum absolute atomic E-state index is 12.9. The Labute approximate surface area is 310 Å². The van der Waals surface area contributed by atoms with Crippen LogP contribution >= 0.6 is 0 Å². The Morgan fingerprint density at radius 1 is 0.717 bits per heavy atom. The smallest absolute Gasteiger partial charge is 0.280 e. The average molecular weight is 759 g/mol. The number of benzene rings is 4. The number of amides is 1. The highest BCUT2D eigenvalue weighted by molar-refractivity contribution is 7.88. The van der Waals surface area contributed by atoms with Crippen LogP contribution in [0.1, 0.15) is 27.9 Å². The number of hydrogen-bond donors (Lipinski definition) is 4. The molecule has 1 amide bonds. The van der Waals surface area contributed by atoms with Crippen LogP contribution in [0.15, 0.2) is 114 Å². The van der Waals surface area contributed by atoms with Crippen LogP contribution in [0.2, 0.25) is 0 Å². The van der Waals surface area contributed by atoms with E-state index >= 15 is 0 Å². The summed E-state index contributed by atoms with van der Waals surface area (Å²) in [6.45, 7) is 4.96. The summed E-state index contributed by atoms with van der Waals surface area (Å²) in [6.07, 6.45) is 2.75. The van der Waals surface area contributed by atoms with Crippen molar-refractivity contribution in [3.63, 3.8) is 0 Å². The molecule has 0 spiro atoms. The van der Waals surface area contributed by atoms with Crippen molar-refractivity contribution >= 4 is 31.8 Å². The maximum Gasteiger partial charge on any atom is 0.280 e. The molecule has 0 aliphatic carbocycles. The van der Waals surface area contributed by atoms with E-state index in [4.69, 9.17) is 9.29 Å².